The van der Waals surface area contributed by atoms with E-state index in [1.54, 1.807) is 6.92 Å². The zero-order valence-electron chi connectivity index (χ0n) is 16.0. The maximum Gasteiger partial charge on any atom is 0.307 e. The molecule has 0 N–H and O–H groups in total. The van der Waals surface area contributed by atoms with Crippen LogP contribution in [0, 0.1) is 17.0 Å². The number of nitro groups is 1. The summed E-state index contributed by atoms with van der Waals surface area (Å²) in [5.74, 6) is 0.312. The molecular weight excluding hydrogens is 374 g/mol. The van der Waals surface area contributed by atoms with E-state index in [9.17, 15) is 14.9 Å². The molecule has 4 rings (SSSR count). The van der Waals surface area contributed by atoms with E-state index in [0.29, 0.717) is 17.9 Å². The molecule has 0 aliphatic carbocycles. The summed E-state index contributed by atoms with van der Waals surface area (Å²) in [4.78, 5) is 25.6. The first-order chi connectivity index (χ1) is 14.0. The van der Waals surface area contributed by atoms with Crippen molar-refractivity contribution in [1.82, 2.24) is 19.8 Å². The van der Waals surface area contributed by atoms with Gasteiger partial charge in [-0.05, 0) is 31.7 Å². The van der Waals surface area contributed by atoms with Crippen LogP contribution in [-0.4, -0.2) is 37.2 Å². The fourth-order valence-electron chi connectivity index (χ4n) is 3.77. The number of carbonyl (C=O) groups is 1. The van der Waals surface area contributed by atoms with Crippen LogP contribution >= 0.6 is 0 Å². The summed E-state index contributed by atoms with van der Waals surface area (Å²) < 4.78 is 6.72. The number of rotatable bonds is 5. The average molecular weight is 395 g/mol. The molecule has 3 aromatic rings. The highest BCUT2D eigenvalue weighted by atomic mass is 16.6. The van der Waals surface area contributed by atoms with Crippen molar-refractivity contribution in [3.05, 3.63) is 75.4 Å². The van der Waals surface area contributed by atoms with Gasteiger partial charge in [0.2, 0.25) is 0 Å². The van der Waals surface area contributed by atoms with Gasteiger partial charge < -0.3 is 9.42 Å². The second-order valence-corrected chi connectivity index (χ2v) is 7.14. The van der Waals surface area contributed by atoms with Crippen molar-refractivity contribution in [2.45, 2.75) is 38.8 Å². The number of hydrogen-bond donors (Lipinski definition) is 0. The van der Waals surface area contributed by atoms with Crippen molar-refractivity contribution in [3.63, 3.8) is 0 Å². The van der Waals surface area contributed by atoms with Gasteiger partial charge in [-0.25, -0.2) is 0 Å². The van der Waals surface area contributed by atoms with Crippen LogP contribution in [0.5, 0.6) is 0 Å². The van der Waals surface area contributed by atoms with Crippen molar-refractivity contribution in [2.24, 2.45) is 0 Å². The Morgan fingerprint density at radius 2 is 2.10 bits per heavy atom. The first-order valence-corrected chi connectivity index (χ1v) is 9.52. The van der Waals surface area contributed by atoms with Crippen molar-refractivity contribution in [3.8, 4) is 0 Å². The highest BCUT2D eigenvalue weighted by Gasteiger charge is 2.32. The standard InChI is InChI=1S/C20H21N5O4/c1-14-17(13-23-12-16(11-21-23)25(27)28)19(22-29-14)20(26)24-10-6-5-9-18(24)15-7-3-2-4-8-15/h2-4,7-8,11-12,18H,5-6,9-10,13H2,1H3. The van der Waals surface area contributed by atoms with Gasteiger partial charge in [-0.3, -0.25) is 19.6 Å². The molecule has 0 saturated carbocycles. The molecule has 2 aromatic heterocycles. The minimum absolute atomic E-state index is 0.00639. The molecule has 150 valence electrons. The second-order valence-electron chi connectivity index (χ2n) is 7.14. The molecule has 0 bridgehead atoms. The number of carbonyl (C=O) groups excluding carboxylic acids is 1. The molecule has 1 unspecified atom stereocenters. The molecule has 1 aliphatic heterocycles. The van der Waals surface area contributed by atoms with E-state index < -0.39 is 4.92 Å². The van der Waals surface area contributed by atoms with Crippen LogP contribution in [0.2, 0.25) is 0 Å². The number of aryl methyl sites for hydroxylation is 1. The third-order valence-electron chi connectivity index (χ3n) is 5.29. The molecule has 1 amide bonds. The van der Waals surface area contributed by atoms with E-state index in [2.05, 4.69) is 10.3 Å². The fourth-order valence-corrected chi connectivity index (χ4v) is 3.77. The highest BCUT2D eigenvalue weighted by molar-refractivity contribution is 5.94. The van der Waals surface area contributed by atoms with Crippen molar-refractivity contribution in [2.75, 3.05) is 6.54 Å². The zero-order valence-corrected chi connectivity index (χ0v) is 16.0. The monoisotopic (exact) mass is 395 g/mol. The number of benzene rings is 1. The van der Waals surface area contributed by atoms with E-state index in [0.717, 1.165) is 24.8 Å². The van der Waals surface area contributed by atoms with Gasteiger partial charge in [-0.15, -0.1) is 0 Å². The third-order valence-corrected chi connectivity index (χ3v) is 5.29. The van der Waals surface area contributed by atoms with Crippen LogP contribution in [0.1, 0.15) is 52.7 Å². The molecular formula is C20H21N5O4. The van der Waals surface area contributed by atoms with Crippen molar-refractivity contribution >= 4 is 11.6 Å². The lowest BCUT2D eigenvalue weighted by molar-refractivity contribution is -0.385. The van der Waals surface area contributed by atoms with Crippen LogP contribution in [0.3, 0.4) is 0 Å². The van der Waals surface area contributed by atoms with Crippen LogP contribution in [0.4, 0.5) is 5.69 Å². The Bertz CT molecular complexity index is 1030. The van der Waals surface area contributed by atoms with Gasteiger partial charge in [-0.1, -0.05) is 35.5 Å². The van der Waals surface area contributed by atoms with Gasteiger partial charge in [0.25, 0.3) is 5.91 Å². The predicted molar refractivity (Wildman–Crippen MR) is 103 cm³/mol. The number of nitrogens with zero attached hydrogens (tertiary/aromatic N) is 5. The van der Waals surface area contributed by atoms with Crippen molar-refractivity contribution in [1.29, 1.82) is 0 Å². The third kappa shape index (κ3) is 3.75. The molecule has 0 radical (unpaired) electrons. The topological polar surface area (TPSA) is 107 Å². The van der Waals surface area contributed by atoms with Crippen LogP contribution in [0.25, 0.3) is 0 Å². The van der Waals surface area contributed by atoms with Crippen LogP contribution < -0.4 is 0 Å². The van der Waals surface area contributed by atoms with Gasteiger partial charge >= 0.3 is 5.69 Å². The SMILES string of the molecule is Cc1onc(C(=O)N2CCCCC2c2ccccc2)c1Cn1cc([N+](=O)[O-])cn1. The van der Waals surface area contributed by atoms with Gasteiger partial charge in [0, 0.05) is 12.1 Å². The molecule has 0 spiro atoms. The summed E-state index contributed by atoms with van der Waals surface area (Å²) in [5, 5.41) is 18.9. The minimum Gasteiger partial charge on any atom is -0.361 e. The van der Waals surface area contributed by atoms with Gasteiger partial charge in [0.1, 0.15) is 18.2 Å². The largest absolute Gasteiger partial charge is 0.361 e. The van der Waals surface area contributed by atoms with Gasteiger partial charge in [0.15, 0.2) is 5.69 Å². The number of hydrogen-bond acceptors (Lipinski definition) is 6. The molecule has 1 saturated heterocycles. The van der Waals surface area contributed by atoms with E-state index in [4.69, 9.17) is 4.52 Å². The fraction of sp³-hybridized carbons (Fsp3) is 0.350. The lowest BCUT2D eigenvalue weighted by atomic mass is 9.94. The first-order valence-electron chi connectivity index (χ1n) is 9.52. The van der Waals surface area contributed by atoms with Gasteiger partial charge in [-0.2, -0.15) is 5.10 Å². The Kier molecular flexibility index (Phi) is 5.11. The summed E-state index contributed by atoms with van der Waals surface area (Å²) in [5.41, 5.74) is 1.83. The van der Waals surface area contributed by atoms with E-state index in [1.807, 2.05) is 35.2 Å². The Morgan fingerprint density at radius 1 is 1.31 bits per heavy atom. The van der Waals surface area contributed by atoms with E-state index in [-0.39, 0.29) is 29.9 Å². The molecule has 1 fully saturated rings. The van der Waals surface area contributed by atoms with Crippen LogP contribution in [0.15, 0.2) is 47.2 Å². The second kappa shape index (κ2) is 7.86. The van der Waals surface area contributed by atoms with E-state index >= 15 is 0 Å². The predicted octanol–water partition coefficient (Wildman–Crippen LogP) is 3.50. The normalized spacial score (nSPS) is 16.7. The Balaban J connectivity index is 1.62. The maximum absolute atomic E-state index is 13.4. The molecule has 1 aliphatic rings. The quantitative estimate of drug-likeness (QED) is 0.483. The lowest BCUT2D eigenvalue weighted by Gasteiger charge is -2.35. The molecule has 9 nitrogen and oxygen atoms in total. The Hall–Kier alpha value is -3.49. The number of aromatic nitrogens is 3. The molecule has 3 heterocycles. The molecule has 1 aromatic carbocycles. The number of amides is 1. The molecule has 29 heavy (non-hydrogen) atoms. The average Bonchev–Trinajstić information content (AvgIpc) is 3.36. The van der Waals surface area contributed by atoms with E-state index in [1.165, 1.54) is 17.1 Å². The molecule has 9 heteroatoms. The maximum atomic E-state index is 13.4. The number of likely N-dealkylation sites (tertiary alicyclic amines) is 1. The summed E-state index contributed by atoms with van der Waals surface area (Å²) >= 11 is 0. The minimum atomic E-state index is -0.506. The summed E-state index contributed by atoms with van der Waals surface area (Å²) in [6, 6.07) is 9.97. The first kappa shape index (κ1) is 18.9. The summed E-state index contributed by atoms with van der Waals surface area (Å²) in [6.45, 7) is 2.55. The highest BCUT2D eigenvalue weighted by Crippen LogP contribution is 2.32. The molecule has 1 atom stereocenters. The summed E-state index contributed by atoms with van der Waals surface area (Å²) in [6.07, 6.45) is 5.40. The smallest absolute Gasteiger partial charge is 0.307 e. The van der Waals surface area contributed by atoms with Crippen LogP contribution in [-0.2, 0) is 6.54 Å². The van der Waals surface area contributed by atoms with Gasteiger partial charge in [0.05, 0.1) is 17.5 Å². The number of piperidine rings is 1. The summed E-state index contributed by atoms with van der Waals surface area (Å²) in [7, 11) is 0. The Morgan fingerprint density at radius 3 is 2.83 bits per heavy atom. The lowest BCUT2D eigenvalue weighted by Crippen LogP contribution is -2.39. The zero-order chi connectivity index (χ0) is 20.4. The Labute approximate surface area is 167 Å². The van der Waals surface area contributed by atoms with Crippen molar-refractivity contribution < 1.29 is 14.2 Å².